The first kappa shape index (κ1) is 30.0. The first-order valence-corrected chi connectivity index (χ1v) is 15.1. The summed E-state index contributed by atoms with van der Waals surface area (Å²) in [5.41, 5.74) is 6.73. The number of hydrogen-bond donors (Lipinski definition) is 2. The van der Waals surface area contributed by atoms with Gasteiger partial charge in [-0.2, -0.15) is 0 Å². The maximum absolute atomic E-state index is 13.5. The third-order valence-electron chi connectivity index (χ3n) is 7.57. The number of hydrogen-bond acceptors (Lipinski definition) is 3. The summed E-state index contributed by atoms with van der Waals surface area (Å²) in [6.07, 6.45) is 11.6. The van der Waals surface area contributed by atoms with Gasteiger partial charge in [0.05, 0.1) is 16.8 Å². The van der Waals surface area contributed by atoms with Crippen LogP contribution >= 0.6 is 0 Å². The summed E-state index contributed by atoms with van der Waals surface area (Å²) in [4.78, 5) is 30.8. The molecule has 0 aliphatic rings. The van der Waals surface area contributed by atoms with Crippen LogP contribution < -0.4 is 10.6 Å². The van der Waals surface area contributed by atoms with Gasteiger partial charge in [-0.15, -0.1) is 0 Å². The smallest absolute Gasteiger partial charge is 0.256 e. The maximum atomic E-state index is 13.5. The molecule has 0 spiro atoms. The van der Waals surface area contributed by atoms with Gasteiger partial charge in [0.2, 0.25) is 5.91 Å². The van der Waals surface area contributed by atoms with Gasteiger partial charge in [0.15, 0.2) is 0 Å². The molecule has 41 heavy (non-hydrogen) atoms. The van der Waals surface area contributed by atoms with Crippen LogP contribution in [0.15, 0.2) is 72.8 Å². The number of benzene rings is 3. The van der Waals surface area contributed by atoms with Crippen LogP contribution in [0, 0.1) is 13.8 Å². The van der Waals surface area contributed by atoms with Crippen molar-refractivity contribution < 1.29 is 9.59 Å². The highest BCUT2D eigenvalue weighted by molar-refractivity contribution is 6.13. The third-order valence-corrected chi connectivity index (χ3v) is 7.57. The van der Waals surface area contributed by atoms with Gasteiger partial charge in [-0.25, -0.2) is 4.98 Å². The van der Waals surface area contributed by atoms with Gasteiger partial charge in [0, 0.05) is 28.7 Å². The van der Waals surface area contributed by atoms with Crippen LogP contribution in [0.4, 0.5) is 11.4 Å². The van der Waals surface area contributed by atoms with E-state index in [0.29, 0.717) is 17.7 Å². The van der Waals surface area contributed by atoms with Crippen molar-refractivity contribution >= 4 is 34.1 Å². The average Bonchev–Trinajstić information content (AvgIpc) is 2.97. The molecule has 0 aliphatic carbocycles. The van der Waals surface area contributed by atoms with Crippen LogP contribution in [-0.4, -0.2) is 16.8 Å². The van der Waals surface area contributed by atoms with E-state index in [1.165, 1.54) is 50.5 Å². The molecule has 0 saturated heterocycles. The van der Waals surface area contributed by atoms with Crippen LogP contribution in [0.25, 0.3) is 22.2 Å². The largest absolute Gasteiger partial charge is 0.326 e. The molecule has 1 heterocycles. The highest BCUT2D eigenvalue weighted by Crippen LogP contribution is 2.28. The predicted octanol–water partition coefficient (Wildman–Crippen LogP) is 9.63. The van der Waals surface area contributed by atoms with E-state index in [9.17, 15) is 9.59 Å². The third kappa shape index (κ3) is 8.75. The van der Waals surface area contributed by atoms with Gasteiger partial charge >= 0.3 is 0 Å². The monoisotopic (exact) mass is 549 g/mol. The number of pyridine rings is 1. The van der Waals surface area contributed by atoms with Crippen LogP contribution in [0.3, 0.4) is 0 Å². The summed E-state index contributed by atoms with van der Waals surface area (Å²) in [7, 11) is 0. The number of fused-ring (bicyclic) bond motifs is 1. The number of para-hydroxylation sites is 1. The number of nitrogens with one attached hydrogen (secondary N) is 2. The standard InChI is InChI=1S/C36H43N3O2/c1-4-5-6-7-8-9-10-11-12-16-34(40)37-29-21-23-30(24-22-29)38-36(41)32-25-33(28-19-17-26(2)18-20-28)39-35-27(3)14-13-15-31(32)35/h13-15,17-25H,4-12,16H2,1-3H3,(H,37,40)(H,38,41). The fourth-order valence-corrected chi connectivity index (χ4v) is 5.11. The first-order valence-electron chi connectivity index (χ1n) is 15.1. The lowest BCUT2D eigenvalue weighted by molar-refractivity contribution is -0.116. The molecule has 2 N–H and O–H groups in total. The van der Waals surface area contributed by atoms with Crippen molar-refractivity contribution in [1.82, 2.24) is 4.98 Å². The van der Waals surface area contributed by atoms with Gasteiger partial charge in [-0.3, -0.25) is 9.59 Å². The number of rotatable bonds is 14. The Balaban J connectivity index is 1.34. The second-order valence-corrected chi connectivity index (χ2v) is 11.1. The van der Waals surface area contributed by atoms with Crippen molar-refractivity contribution in [3.63, 3.8) is 0 Å². The SMILES string of the molecule is CCCCCCCCCCCC(=O)Nc1ccc(NC(=O)c2cc(-c3ccc(C)cc3)nc3c(C)cccc23)cc1. The number of amides is 2. The quantitative estimate of drug-likeness (QED) is 0.154. The molecule has 0 saturated carbocycles. The summed E-state index contributed by atoms with van der Waals surface area (Å²) >= 11 is 0. The van der Waals surface area contributed by atoms with E-state index in [1.807, 2.05) is 67.6 Å². The molecule has 2 amide bonds. The Hall–Kier alpha value is -3.99. The Morgan fingerprint density at radius 1 is 0.707 bits per heavy atom. The summed E-state index contributed by atoms with van der Waals surface area (Å²) < 4.78 is 0. The Morgan fingerprint density at radius 3 is 1.98 bits per heavy atom. The van der Waals surface area contributed by atoms with Crippen molar-refractivity contribution in [3.05, 3.63) is 89.5 Å². The Kier molecular flexibility index (Phi) is 11.1. The van der Waals surface area contributed by atoms with E-state index in [2.05, 4.69) is 36.6 Å². The maximum Gasteiger partial charge on any atom is 0.256 e. The van der Waals surface area contributed by atoms with Gasteiger partial charge in [-0.1, -0.05) is 106 Å². The number of nitrogens with zero attached hydrogens (tertiary/aromatic N) is 1. The van der Waals surface area contributed by atoms with Crippen LogP contribution in [0.2, 0.25) is 0 Å². The van der Waals surface area contributed by atoms with E-state index >= 15 is 0 Å². The van der Waals surface area contributed by atoms with E-state index < -0.39 is 0 Å². The number of aryl methyl sites for hydroxylation is 2. The minimum Gasteiger partial charge on any atom is -0.326 e. The van der Waals surface area contributed by atoms with Gasteiger partial charge in [0.1, 0.15) is 0 Å². The molecule has 0 unspecified atom stereocenters. The minimum atomic E-state index is -0.196. The lowest BCUT2D eigenvalue weighted by Gasteiger charge is -2.13. The molecular weight excluding hydrogens is 506 g/mol. The second kappa shape index (κ2) is 15.1. The van der Waals surface area contributed by atoms with E-state index in [-0.39, 0.29) is 11.8 Å². The van der Waals surface area contributed by atoms with Crippen molar-refractivity contribution in [1.29, 1.82) is 0 Å². The lowest BCUT2D eigenvalue weighted by atomic mass is 10.0. The lowest BCUT2D eigenvalue weighted by Crippen LogP contribution is -2.14. The summed E-state index contributed by atoms with van der Waals surface area (Å²) in [6.45, 7) is 6.30. The summed E-state index contributed by atoms with van der Waals surface area (Å²) in [5.74, 6) is -0.162. The fourth-order valence-electron chi connectivity index (χ4n) is 5.11. The molecule has 0 atom stereocenters. The number of unbranched alkanes of at least 4 members (excludes halogenated alkanes) is 8. The molecule has 4 aromatic rings. The molecule has 5 nitrogen and oxygen atoms in total. The van der Waals surface area contributed by atoms with Crippen molar-refractivity contribution in [2.45, 2.75) is 85.0 Å². The molecule has 214 valence electrons. The Bertz CT molecular complexity index is 1440. The number of carbonyl (C=O) groups excluding carboxylic acids is 2. The number of carbonyl (C=O) groups is 2. The normalized spacial score (nSPS) is 11.0. The molecule has 0 aliphatic heterocycles. The number of anilines is 2. The fraction of sp³-hybridized carbons (Fsp3) is 0.361. The zero-order valence-electron chi connectivity index (χ0n) is 24.8. The highest BCUT2D eigenvalue weighted by Gasteiger charge is 2.16. The topological polar surface area (TPSA) is 71.1 Å². The highest BCUT2D eigenvalue weighted by atomic mass is 16.2. The van der Waals surface area contributed by atoms with E-state index in [1.54, 1.807) is 0 Å². The average molecular weight is 550 g/mol. The van der Waals surface area contributed by atoms with E-state index in [4.69, 9.17) is 4.98 Å². The zero-order chi connectivity index (χ0) is 29.0. The molecule has 1 aromatic heterocycles. The predicted molar refractivity (Wildman–Crippen MR) is 172 cm³/mol. The van der Waals surface area contributed by atoms with Crippen LogP contribution in [-0.2, 0) is 4.79 Å². The minimum absolute atomic E-state index is 0.0343. The molecule has 5 heteroatoms. The van der Waals surface area contributed by atoms with Crippen LogP contribution in [0.5, 0.6) is 0 Å². The number of aromatic nitrogens is 1. The van der Waals surface area contributed by atoms with Crippen LogP contribution in [0.1, 0.15) is 92.6 Å². The van der Waals surface area contributed by atoms with Crippen molar-refractivity contribution in [2.24, 2.45) is 0 Å². The van der Waals surface area contributed by atoms with Crippen molar-refractivity contribution in [2.75, 3.05) is 10.6 Å². The molecule has 0 bridgehead atoms. The summed E-state index contributed by atoms with van der Waals surface area (Å²) in [5, 5.41) is 6.83. The van der Waals surface area contributed by atoms with Gasteiger partial charge in [0.25, 0.3) is 5.91 Å². The first-order chi connectivity index (χ1) is 19.9. The zero-order valence-corrected chi connectivity index (χ0v) is 24.8. The van der Waals surface area contributed by atoms with Gasteiger partial charge < -0.3 is 10.6 Å². The Morgan fingerprint density at radius 2 is 1.32 bits per heavy atom. The molecular formula is C36H43N3O2. The van der Waals surface area contributed by atoms with E-state index in [0.717, 1.165) is 46.3 Å². The summed E-state index contributed by atoms with van der Waals surface area (Å²) in [6, 6.07) is 23.2. The Labute approximate surface area is 244 Å². The second-order valence-electron chi connectivity index (χ2n) is 11.1. The molecule has 3 aromatic carbocycles. The molecule has 0 radical (unpaired) electrons. The van der Waals surface area contributed by atoms with Crippen molar-refractivity contribution in [3.8, 4) is 11.3 Å². The molecule has 4 rings (SSSR count). The van der Waals surface area contributed by atoms with Gasteiger partial charge in [-0.05, 0) is 56.2 Å². The molecule has 0 fully saturated rings.